The minimum Gasteiger partial charge on any atom is -0.390 e. The largest absolute Gasteiger partial charge is 0.390 e. The summed E-state index contributed by atoms with van der Waals surface area (Å²) in [7, 11) is 0. The molecule has 5 rings (SSSR count). The van der Waals surface area contributed by atoms with Gasteiger partial charge in [-0.3, -0.25) is 4.79 Å². The summed E-state index contributed by atoms with van der Waals surface area (Å²) in [6.07, 6.45) is -3.43. The Morgan fingerprint density at radius 2 is 1.62 bits per heavy atom. The second kappa shape index (κ2) is 7.72. The molecule has 2 unspecified atom stereocenters. The fourth-order valence-electron chi connectivity index (χ4n) is 10.5. The number of aliphatic hydroxyl groups excluding tert-OH is 5. The highest BCUT2D eigenvalue weighted by Crippen LogP contribution is 2.71. The Labute approximate surface area is 202 Å². The molecular formula is C27H44O7. The molecule has 0 aromatic carbocycles. The molecule has 0 radical (unpaired) electrons. The lowest BCUT2D eigenvalue weighted by Crippen LogP contribution is -2.71. The van der Waals surface area contributed by atoms with Crippen LogP contribution in [0.25, 0.3) is 0 Å². The van der Waals surface area contributed by atoms with Crippen LogP contribution in [-0.4, -0.2) is 72.5 Å². The summed E-state index contributed by atoms with van der Waals surface area (Å²) < 4.78 is 0. The zero-order valence-corrected chi connectivity index (χ0v) is 21.1. The molecule has 0 amide bonds. The molecule has 6 N–H and O–H groups in total. The maximum absolute atomic E-state index is 14.2. The van der Waals surface area contributed by atoms with E-state index in [4.69, 9.17) is 0 Å². The van der Waals surface area contributed by atoms with Gasteiger partial charge in [0.2, 0.25) is 0 Å². The lowest BCUT2D eigenvalue weighted by molar-refractivity contribution is -0.272. The van der Waals surface area contributed by atoms with Gasteiger partial charge in [-0.25, -0.2) is 0 Å². The molecule has 15 atom stereocenters. The molecule has 7 heteroatoms. The lowest BCUT2D eigenvalue weighted by Gasteiger charge is -2.64. The lowest BCUT2D eigenvalue weighted by atomic mass is 9.42. The average Bonchev–Trinajstić information content (AvgIpc) is 3.15. The number of carbonyl (C=O) groups is 1. The zero-order chi connectivity index (χ0) is 25.1. The molecule has 7 nitrogen and oxygen atoms in total. The quantitative estimate of drug-likeness (QED) is 0.348. The fraction of sp³-hybridized carbons (Fsp3) is 0.963. The molecule has 0 saturated heterocycles. The summed E-state index contributed by atoms with van der Waals surface area (Å²) in [5.41, 5.74) is -2.38. The number of ketones is 1. The first-order valence-corrected chi connectivity index (χ1v) is 13.4. The Morgan fingerprint density at radius 3 is 2.24 bits per heavy atom. The van der Waals surface area contributed by atoms with Gasteiger partial charge in [0.25, 0.3) is 0 Å². The Hall–Kier alpha value is -0.570. The normalized spacial score (nSPS) is 61.1. The number of rotatable bonds is 2. The second-order valence-electron chi connectivity index (χ2n) is 13.7. The summed E-state index contributed by atoms with van der Waals surface area (Å²) >= 11 is 0. The number of fused-ring (bicyclic) bond motifs is 7. The van der Waals surface area contributed by atoms with Gasteiger partial charge in [0.05, 0.1) is 35.9 Å². The van der Waals surface area contributed by atoms with Gasteiger partial charge in [0.15, 0.2) is 0 Å². The van der Waals surface area contributed by atoms with Crippen LogP contribution in [0.3, 0.4) is 0 Å². The van der Waals surface area contributed by atoms with Crippen LogP contribution in [0.5, 0.6) is 0 Å². The van der Waals surface area contributed by atoms with Crippen molar-refractivity contribution in [2.45, 2.75) is 103 Å². The first-order chi connectivity index (χ1) is 15.7. The first-order valence-electron chi connectivity index (χ1n) is 13.4. The fourth-order valence-corrected chi connectivity index (χ4v) is 10.5. The third kappa shape index (κ3) is 2.94. The van der Waals surface area contributed by atoms with E-state index in [0.717, 1.165) is 6.42 Å². The monoisotopic (exact) mass is 480 g/mol. The van der Waals surface area contributed by atoms with E-state index >= 15 is 0 Å². The highest BCUT2D eigenvalue weighted by Gasteiger charge is 2.75. The van der Waals surface area contributed by atoms with Crippen LogP contribution < -0.4 is 0 Å². The molecule has 5 fully saturated rings. The SMILES string of the molecule is CC(C)C[C@@]1(O)C[C@@H](C)[C@H]2[C@@H]1C(=O)[C@@H]1C3C(CC[C@]21C)[C@@]1(C)[C@H](O)[C@H](O)[C@@H](O)C[C@@H]1[C@@H](O)[C@@H]3O. The first kappa shape index (κ1) is 25.1. The van der Waals surface area contributed by atoms with Crippen molar-refractivity contribution in [3.8, 4) is 0 Å². The van der Waals surface area contributed by atoms with Gasteiger partial charge in [-0.05, 0) is 67.1 Å². The standard InChI is InChI=1S/C27H44O7/c1-11(2)9-27(34)10-12(3)17-19(27)23(32)18-16-13(6-7-25(17,18)4)26(5)14(20(29)22(16)31)8-15(28)21(30)24(26)33/h11-22,24,28-31,33-34H,6-10H2,1-5H3/t12-,13?,14-,15+,16?,17+,18+,19-,20-,21-,22-,24-,25-,26-,27-/m1/s1. The van der Waals surface area contributed by atoms with Crippen molar-refractivity contribution < 1.29 is 35.4 Å². The van der Waals surface area contributed by atoms with Crippen LogP contribution >= 0.6 is 0 Å². The van der Waals surface area contributed by atoms with Gasteiger partial charge in [-0.15, -0.1) is 0 Å². The van der Waals surface area contributed by atoms with Gasteiger partial charge in [-0.1, -0.05) is 34.6 Å². The summed E-state index contributed by atoms with van der Waals surface area (Å²) in [5.74, 6) is -1.94. The van der Waals surface area contributed by atoms with Gasteiger partial charge in [0.1, 0.15) is 11.9 Å². The molecule has 0 heterocycles. The summed E-state index contributed by atoms with van der Waals surface area (Å²) in [4.78, 5) is 14.2. The molecule has 0 spiro atoms. The number of carbonyl (C=O) groups excluding carboxylic acids is 1. The second-order valence-corrected chi connectivity index (χ2v) is 13.7. The van der Waals surface area contributed by atoms with Crippen LogP contribution in [0.15, 0.2) is 0 Å². The van der Waals surface area contributed by atoms with Gasteiger partial charge in [0, 0.05) is 17.3 Å². The number of Topliss-reactive ketones (excluding diaryl/α,β-unsaturated/α-hetero) is 1. The maximum Gasteiger partial charge on any atom is 0.143 e. The van der Waals surface area contributed by atoms with Gasteiger partial charge >= 0.3 is 0 Å². The number of hydrogen-bond acceptors (Lipinski definition) is 7. The molecule has 5 saturated carbocycles. The minimum atomic E-state index is -1.33. The van der Waals surface area contributed by atoms with E-state index in [9.17, 15) is 35.4 Å². The summed E-state index contributed by atoms with van der Waals surface area (Å²) in [5, 5.41) is 66.5. The number of hydrogen-bond donors (Lipinski definition) is 6. The third-order valence-corrected chi connectivity index (χ3v) is 11.5. The molecule has 0 aliphatic heterocycles. The van der Waals surface area contributed by atoms with Crippen molar-refractivity contribution >= 4 is 5.78 Å². The van der Waals surface area contributed by atoms with Crippen LogP contribution in [0.2, 0.25) is 0 Å². The van der Waals surface area contributed by atoms with Crippen LogP contribution in [-0.2, 0) is 4.79 Å². The van der Waals surface area contributed by atoms with E-state index in [1.165, 1.54) is 0 Å². The Bertz CT molecular complexity index is 847. The van der Waals surface area contributed by atoms with Crippen LogP contribution in [0.1, 0.15) is 66.7 Å². The highest BCUT2D eigenvalue weighted by molar-refractivity contribution is 5.89. The molecule has 34 heavy (non-hydrogen) atoms. The van der Waals surface area contributed by atoms with Crippen molar-refractivity contribution in [2.75, 3.05) is 0 Å². The molecule has 0 aromatic heterocycles. The molecule has 5 aliphatic rings. The van der Waals surface area contributed by atoms with E-state index in [-0.39, 0.29) is 35.9 Å². The molecular weight excluding hydrogens is 436 g/mol. The molecule has 0 aromatic rings. The van der Waals surface area contributed by atoms with E-state index in [2.05, 4.69) is 27.7 Å². The maximum atomic E-state index is 14.2. The van der Waals surface area contributed by atoms with E-state index in [0.29, 0.717) is 19.3 Å². The van der Waals surface area contributed by atoms with Crippen molar-refractivity contribution in [3.05, 3.63) is 0 Å². The van der Waals surface area contributed by atoms with Crippen LogP contribution in [0.4, 0.5) is 0 Å². The predicted molar refractivity (Wildman–Crippen MR) is 124 cm³/mol. The summed E-state index contributed by atoms with van der Waals surface area (Å²) in [6.45, 7) is 10.2. The van der Waals surface area contributed by atoms with E-state index in [1.807, 2.05) is 6.92 Å². The Balaban J connectivity index is 1.58. The molecule has 5 aliphatic carbocycles. The molecule has 194 valence electrons. The van der Waals surface area contributed by atoms with Gasteiger partial charge < -0.3 is 30.6 Å². The van der Waals surface area contributed by atoms with Gasteiger partial charge in [-0.2, -0.15) is 0 Å². The van der Waals surface area contributed by atoms with E-state index in [1.54, 1.807) is 0 Å². The Kier molecular flexibility index (Phi) is 5.70. The Morgan fingerprint density at radius 1 is 0.971 bits per heavy atom. The third-order valence-electron chi connectivity index (χ3n) is 11.5. The van der Waals surface area contributed by atoms with Crippen molar-refractivity contribution in [2.24, 2.45) is 58.2 Å². The smallest absolute Gasteiger partial charge is 0.143 e. The van der Waals surface area contributed by atoms with Crippen molar-refractivity contribution in [1.29, 1.82) is 0 Å². The van der Waals surface area contributed by atoms with E-state index < -0.39 is 70.6 Å². The zero-order valence-electron chi connectivity index (χ0n) is 21.1. The average molecular weight is 481 g/mol. The van der Waals surface area contributed by atoms with Crippen molar-refractivity contribution in [3.63, 3.8) is 0 Å². The molecule has 0 bridgehead atoms. The number of aliphatic hydroxyl groups is 6. The minimum absolute atomic E-state index is 0.00822. The summed E-state index contributed by atoms with van der Waals surface area (Å²) in [6, 6.07) is 0. The van der Waals surface area contributed by atoms with Crippen LogP contribution in [0, 0.1) is 58.2 Å². The topological polar surface area (TPSA) is 138 Å². The highest BCUT2D eigenvalue weighted by atomic mass is 16.4. The predicted octanol–water partition coefficient (Wildman–Crippen LogP) is 1.11. The van der Waals surface area contributed by atoms with Crippen molar-refractivity contribution in [1.82, 2.24) is 0 Å².